The molecule has 102 valence electrons. The van der Waals surface area contributed by atoms with Crippen LogP contribution in [0.25, 0.3) is 0 Å². The highest BCUT2D eigenvalue weighted by atomic mass is 19.1. The predicted molar refractivity (Wildman–Crippen MR) is 61.4 cm³/mol. The van der Waals surface area contributed by atoms with E-state index in [-0.39, 0.29) is 5.91 Å². The number of rotatable bonds is 4. The van der Waals surface area contributed by atoms with E-state index in [2.05, 4.69) is 9.74 Å². The molecular weight excluding hydrogens is 241 g/mol. The normalized spacial score (nSPS) is 22.5. The molecule has 2 fully saturated rings. The SMILES string of the molecule is O=C(F)ON1CCN(CCN2CCCC2=O)CC1. The van der Waals surface area contributed by atoms with E-state index in [1.54, 1.807) is 0 Å². The predicted octanol–water partition coefficient (Wildman–Crippen LogP) is 0.247. The van der Waals surface area contributed by atoms with E-state index in [0.717, 1.165) is 39.1 Å². The first-order valence-electron chi connectivity index (χ1n) is 6.27. The van der Waals surface area contributed by atoms with Crippen molar-refractivity contribution in [2.75, 3.05) is 45.8 Å². The lowest BCUT2D eigenvalue weighted by Crippen LogP contribution is -2.48. The molecule has 0 aromatic heterocycles. The summed E-state index contributed by atoms with van der Waals surface area (Å²) in [6.45, 7) is 4.88. The molecule has 0 unspecified atom stereocenters. The number of carbonyl (C=O) groups is 2. The molecule has 18 heavy (non-hydrogen) atoms. The largest absolute Gasteiger partial charge is 0.514 e. The number of piperazine rings is 1. The molecule has 2 aliphatic heterocycles. The molecule has 0 aromatic rings. The maximum Gasteiger partial charge on any atom is 0.514 e. The van der Waals surface area contributed by atoms with Crippen LogP contribution in [0.2, 0.25) is 0 Å². The molecular formula is C11H18FN3O3. The van der Waals surface area contributed by atoms with Crippen molar-refractivity contribution >= 4 is 12.1 Å². The smallest absolute Gasteiger partial charge is 0.342 e. The van der Waals surface area contributed by atoms with Crippen molar-refractivity contribution < 1.29 is 18.8 Å². The van der Waals surface area contributed by atoms with Gasteiger partial charge in [-0.15, -0.1) is 9.45 Å². The van der Waals surface area contributed by atoms with E-state index in [0.29, 0.717) is 19.5 Å². The van der Waals surface area contributed by atoms with E-state index in [1.807, 2.05) is 4.90 Å². The lowest BCUT2D eigenvalue weighted by Gasteiger charge is -2.33. The van der Waals surface area contributed by atoms with Gasteiger partial charge in [0, 0.05) is 52.2 Å². The number of halogens is 1. The van der Waals surface area contributed by atoms with Gasteiger partial charge in [0.1, 0.15) is 0 Å². The molecule has 0 aromatic carbocycles. The Hall–Kier alpha value is -1.21. The summed E-state index contributed by atoms with van der Waals surface area (Å²) in [6, 6.07) is 0. The monoisotopic (exact) mass is 259 g/mol. The quantitative estimate of drug-likeness (QED) is 0.677. The number of nitrogens with zero attached hydrogens (tertiary/aromatic N) is 3. The lowest BCUT2D eigenvalue weighted by molar-refractivity contribution is -0.134. The molecule has 0 spiro atoms. The molecule has 0 saturated carbocycles. The van der Waals surface area contributed by atoms with Crippen LogP contribution in [0, 0.1) is 0 Å². The van der Waals surface area contributed by atoms with Gasteiger partial charge in [0.05, 0.1) is 0 Å². The summed E-state index contributed by atoms with van der Waals surface area (Å²) in [5, 5.41) is 1.33. The molecule has 2 saturated heterocycles. The first-order chi connectivity index (χ1) is 8.65. The van der Waals surface area contributed by atoms with Gasteiger partial charge in [-0.25, -0.2) is 4.79 Å². The van der Waals surface area contributed by atoms with Crippen molar-refractivity contribution in [2.45, 2.75) is 12.8 Å². The average molecular weight is 259 g/mol. The Balaban J connectivity index is 1.64. The van der Waals surface area contributed by atoms with Crippen molar-refractivity contribution in [3.63, 3.8) is 0 Å². The van der Waals surface area contributed by atoms with E-state index < -0.39 is 6.22 Å². The Kier molecular flexibility index (Phi) is 4.48. The van der Waals surface area contributed by atoms with Crippen LogP contribution in [0.5, 0.6) is 0 Å². The van der Waals surface area contributed by atoms with E-state index in [4.69, 9.17) is 0 Å². The van der Waals surface area contributed by atoms with Gasteiger partial charge in [0.2, 0.25) is 5.91 Å². The van der Waals surface area contributed by atoms with Crippen molar-refractivity contribution in [1.29, 1.82) is 0 Å². The van der Waals surface area contributed by atoms with Crippen LogP contribution < -0.4 is 0 Å². The fourth-order valence-corrected chi connectivity index (χ4v) is 2.35. The van der Waals surface area contributed by atoms with Gasteiger partial charge in [-0.1, -0.05) is 0 Å². The molecule has 0 N–H and O–H groups in total. The molecule has 0 bridgehead atoms. The number of carbonyl (C=O) groups excluding carboxylic acids is 2. The van der Waals surface area contributed by atoms with E-state index in [1.165, 1.54) is 5.06 Å². The van der Waals surface area contributed by atoms with Gasteiger partial charge in [0.15, 0.2) is 0 Å². The number of hydroxylamine groups is 2. The van der Waals surface area contributed by atoms with Crippen LogP contribution in [0.3, 0.4) is 0 Å². The molecule has 2 heterocycles. The third kappa shape index (κ3) is 3.64. The van der Waals surface area contributed by atoms with Gasteiger partial charge in [-0.2, -0.15) is 0 Å². The minimum absolute atomic E-state index is 0.236. The summed E-state index contributed by atoms with van der Waals surface area (Å²) >= 11 is 0. The van der Waals surface area contributed by atoms with Crippen LogP contribution in [0.4, 0.5) is 9.18 Å². The number of hydrogen-bond donors (Lipinski definition) is 0. The minimum Gasteiger partial charge on any atom is -0.342 e. The number of hydrogen-bond acceptors (Lipinski definition) is 5. The lowest BCUT2D eigenvalue weighted by atomic mass is 10.3. The fourth-order valence-electron chi connectivity index (χ4n) is 2.35. The number of likely N-dealkylation sites (tertiary alicyclic amines) is 1. The maximum atomic E-state index is 12.0. The second-order valence-electron chi connectivity index (χ2n) is 4.58. The first-order valence-corrected chi connectivity index (χ1v) is 6.27. The highest BCUT2D eigenvalue weighted by Gasteiger charge is 2.23. The maximum absolute atomic E-state index is 12.0. The van der Waals surface area contributed by atoms with Crippen LogP contribution in [-0.4, -0.2) is 72.8 Å². The number of amides is 1. The van der Waals surface area contributed by atoms with Crippen molar-refractivity contribution in [1.82, 2.24) is 14.9 Å². The van der Waals surface area contributed by atoms with Crippen molar-refractivity contribution in [3.8, 4) is 0 Å². The third-order valence-electron chi connectivity index (χ3n) is 3.39. The summed E-state index contributed by atoms with van der Waals surface area (Å²) in [6.07, 6.45) is -0.134. The van der Waals surface area contributed by atoms with Crippen LogP contribution in [-0.2, 0) is 9.63 Å². The second kappa shape index (κ2) is 6.10. The zero-order valence-electron chi connectivity index (χ0n) is 10.3. The Morgan fingerprint density at radius 1 is 1.17 bits per heavy atom. The third-order valence-corrected chi connectivity index (χ3v) is 3.39. The Labute approximate surface area is 105 Å². The summed E-state index contributed by atoms with van der Waals surface area (Å²) < 4.78 is 12.0. The van der Waals surface area contributed by atoms with Gasteiger partial charge in [-0.3, -0.25) is 9.69 Å². The Morgan fingerprint density at radius 2 is 1.89 bits per heavy atom. The summed E-state index contributed by atoms with van der Waals surface area (Å²) in [5.41, 5.74) is 0. The van der Waals surface area contributed by atoms with Crippen LogP contribution >= 0.6 is 0 Å². The minimum atomic E-state index is -1.76. The summed E-state index contributed by atoms with van der Waals surface area (Å²) in [7, 11) is 0. The molecule has 2 rings (SSSR count). The molecule has 0 atom stereocenters. The topological polar surface area (TPSA) is 53.1 Å². The summed E-state index contributed by atoms with van der Waals surface area (Å²) in [4.78, 5) is 30.0. The van der Waals surface area contributed by atoms with Crippen molar-refractivity contribution in [3.05, 3.63) is 0 Å². The molecule has 0 aliphatic carbocycles. The van der Waals surface area contributed by atoms with E-state index >= 15 is 0 Å². The van der Waals surface area contributed by atoms with Gasteiger partial charge >= 0.3 is 6.22 Å². The standard InChI is InChI=1S/C11H18FN3O3/c12-11(17)18-15-8-5-13(6-9-15)4-7-14-3-1-2-10(14)16/h1-9H2. The first kappa shape index (κ1) is 13.2. The average Bonchev–Trinajstić information content (AvgIpc) is 2.73. The van der Waals surface area contributed by atoms with Crippen molar-refractivity contribution in [2.24, 2.45) is 0 Å². The highest BCUT2D eigenvalue weighted by Crippen LogP contribution is 2.10. The molecule has 0 radical (unpaired) electrons. The second-order valence-corrected chi connectivity index (χ2v) is 4.58. The highest BCUT2D eigenvalue weighted by molar-refractivity contribution is 5.78. The van der Waals surface area contributed by atoms with Gasteiger partial charge < -0.3 is 9.74 Å². The van der Waals surface area contributed by atoms with Gasteiger partial charge in [-0.05, 0) is 6.42 Å². The van der Waals surface area contributed by atoms with Crippen LogP contribution in [0.15, 0.2) is 0 Å². The molecule has 1 amide bonds. The Morgan fingerprint density at radius 3 is 2.44 bits per heavy atom. The molecule has 2 aliphatic rings. The molecule has 7 heteroatoms. The zero-order valence-corrected chi connectivity index (χ0v) is 10.3. The Bertz CT molecular complexity index is 319. The van der Waals surface area contributed by atoms with Crippen LogP contribution in [0.1, 0.15) is 12.8 Å². The summed E-state index contributed by atoms with van der Waals surface area (Å²) in [5.74, 6) is 0.236. The molecule has 6 nitrogen and oxygen atoms in total. The fraction of sp³-hybridized carbons (Fsp3) is 0.818. The van der Waals surface area contributed by atoms with Gasteiger partial charge in [0.25, 0.3) is 0 Å². The zero-order chi connectivity index (χ0) is 13.0. The van der Waals surface area contributed by atoms with E-state index in [9.17, 15) is 14.0 Å².